The second-order valence-corrected chi connectivity index (χ2v) is 9.76. The van der Waals surface area contributed by atoms with Crippen molar-refractivity contribution >= 4 is 17.1 Å². The van der Waals surface area contributed by atoms with Gasteiger partial charge in [-0.25, -0.2) is 0 Å². The third kappa shape index (κ3) is 3.40. The molecule has 0 aromatic heterocycles. The number of rotatable bonds is 5. The molecule has 0 atom stereocenters. The molecule has 1 heteroatoms. The van der Waals surface area contributed by atoms with Gasteiger partial charge in [0.15, 0.2) is 0 Å². The van der Waals surface area contributed by atoms with E-state index < -0.39 is 5.41 Å². The highest BCUT2D eigenvalue weighted by Crippen LogP contribution is 2.56. The molecular formula is C37H27N. The van der Waals surface area contributed by atoms with Gasteiger partial charge in [-0.2, -0.15) is 0 Å². The van der Waals surface area contributed by atoms with Gasteiger partial charge in [-0.3, -0.25) is 0 Å². The molecule has 6 aromatic carbocycles. The van der Waals surface area contributed by atoms with Crippen molar-refractivity contribution < 1.29 is 0 Å². The minimum Gasteiger partial charge on any atom is -0.310 e. The maximum absolute atomic E-state index is 2.38. The van der Waals surface area contributed by atoms with Crippen molar-refractivity contribution in [2.75, 3.05) is 4.90 Å². The van der Waals surface area contributed by atoms with E-state index in [1.54, 1.807) is 0 Å². The Morgan fingerprint density at radius 1 is 0.342 bits per heavy atom. The fraction of sp³-hybridized carbons (Fsp3) is 0.0270. The molecule has 0 N–H and O–H groups in total. The number of nitrogens with zero attached hydrogens (tertiary/aromatic N) is 1. The van der Waals surface area contributed by atoms with Crippen LogP contribution < -0.4 is 4.90 Å². The van der Waals surface area contributed by atoms with Crippen LogP contribution >= 0.6 is 0 Å². The zero-order valence-electron chi connectivity index (χ0n) is 21.0. The lowest BCUT2D eigenvalue weighted by Crippen LogP contribution is -2.28. The maximum Gasteiger partial charge on any atom is 0.0714 e. The summed E-state index contributed by atoms with van der Waals surface area (Å²) < 4.78 is 0. The summed E-state index contributed by atoms with van der Waals surface area (Å²) in [7, 11) is 0. The van der Waals surface area contributed by atoms with E-state index in [0.717, 1.165) is 17.1 Å². The number of anilines is 3. The van der Waals surface area contributed by atoms with Crippen molar-refractivity contribution in [2.45, 2.75) is 5.41 Å². The summed E-state index contributed by atoms with van der Waals surface area (Å²) in [5.74, 6) is 0. The van der Waals surface area contributed by atoms with E-state index in [4.69, 9.17) is 0 Å². The fourth-order valence-electron chi connectivity index (χ4n) is 6.19. The molecule has 0 bridgehead atoms. The molecule has 38 heavy (non-hydrogen) atoms. The van der Waals surface area contributed by atoms with Gasteiger partial charge < -0.3 is 4.90 Å². The van der Waals surface area contributed by atoms with E-state index in [1.807, 2.05) is 0 Å². The van der Waals surface area contributed by atoms with Crippen LogP contribution in [0, 0.1) is 0 Å². The van der Waals surface area contributed by atoms with Crippen LogP contribution in [-0.4, -0.2) is 0 Å². The summed E-state index contributed by atoms with van der Waals surface area (Å²) >= 11 is 0. The van der Waals surface area contributed by atoms with Crippen LogP contribution in [-0.2, 0) is 5.41 Å². The van der Waals surface area contributed by atoms with Crippen LogP contribution in [0.2, 0.25) is 0 Å². The number of hydrogen-bond donors (Lipinski definition) is 0. The third-order valence-corrected chi connectivity index (χ3v) is 7.73. The van der Waals surface area contributed by atoms with E-state index >= 15 is 0 Å². The molecule has 0 saturated carbocycles. The third-order valence-electron chi connectivity index (χ3n) is 7.73. The maximum atomic E-state index is 2.38. The molecule has 0 spiro atoms. The number of para-hydroxylation sites is 2. The SMILES string of the molecule is c1ccc(N(c2ccccc2)c2cccc(C3(c4ccccc4)c4ccccc4-c4ccccc43)c2)cc1. The molecule has 0 heterocycles. The summed E-state index contributed by atoms with van der Waals surface area (Å²) in [6, 6.07) is 59.1. The summed E-state index contributed by atoms with van der Waals surface area (Å²) in [6.45, 7) is 0. The summed E-state index contributed by atoms with van der Waals surface area (Å²) in [6.07, 6.45) is 0. The van der Waals surface area contributed by atoms with Crippen LogP contribution in [0.3, 0.4) is 0 Å². The quantitative estimate of drug-likeness (QED) is 0.235. The topological polar surface area (TPSA) is 3.24 Å². The van der Waals surface area contributed by atoms with Crippen LogP contribution in [0.5, 0.6) is 0 Å². The predicted octanol–water partition coefficient (Wildman–Crippen LogP) is 9.52. The van der Waals surface area contributed by atoms with Gasteiger partial charge in [0, 0.05) is 17.1 Å². The first kappa shape index (κ1) is 22.3. The number of fused-ring (bicyclic) bond motifs is 3. The van der Waals surface area contributed by atoms with Crippen LogP contribution in [0.1, 0.15) is 22.3 Å². The summed E-state index contributed by atoms with van der Waals surface area (Å²) in [5, 5.41) is 0. The van der Waals surface area contributed by atoms with Crippen LogP contribution in [0.15, 0.2) is 164 Å². The van der Waals surface area contributed by atoms with Gasteiger partial charge in [0.25, 0.3) is 0 Å². The molecule has 0 radical (unpaired) electrons. The molecule has 0 fully saturated rings. The van der Waals surface area contributed by atoms with Crippen molar-refractivity contribution in [3.63, 3.8) is 0 Å². The van der Waals surface area contributed by atoms with E-state index in [1.165, 1.54) is 33.4 Å². The van der Waals surface area contributed by atoms with Gasteiger partial charge in [-0.05, 0) is 69.8 Å². The Bertz CT molecular complexity index is 1620. The van der Waals surface area contributed by atoms with Gasteiger partial charge in [-0.1, -0.05) is 127 Å². The van der Waals surface area contributed by atoms with Crippen LogP contribution in [0.25, 0.3) is 11.1 Å². The molecule has 1 aliphatic rings. The Hall–Kier alpha value is -4.88. The van der Waals surface area contributed by atoms with Gasteiger partial charge in [-0.15, -0.1) is 0 Å². The lowest BCUT2D eigenvalue weighted by Gasteiger charge is -2.35. The van der Waals surface area contributed by atoms with E-state index in [0.29, 0.717) is 0 Å². The molecule has 180 valence electrons. The smallest absolute Gasteiger partial charge is 0.0714 e. The standard InChI is InChI=1S/C37H27N/c1-4-15-28(16-5-1)37(35-25-12-10-23-33(35)34-24-11-13-26-36(34)37)29-17-14-22-32(27-29)38(30-18-6-2-7-19-30)31-20-8-3-9-21-31/h1-27H. The zero-order chi connectivity index (χ0) is 25.4. The monoisotopic (exact) mass is 485 g/mol. The van der Waals surface area contributed by atoms with E-state index in [9.17, 15) is 0 Å². The minimum atomic E-state index is -0.413. The lowest BCUT2D eigenvalue weighted by atomic mass is 9.67. The normalized spacial score (nSPS) is 12.9. The van der Waals surface area contributed by atoms with Crippen molar-refractivity contribution in [1.82, 2.24) is 0 Å². The molecule has 1 aliphatic carbocycles. The Labute approximate surface area is 224 Å². The van der Waals surface area contributed by atoms with Crippen LogP contribution in [0.4, 0.5) is 17.1 Å². The number of hydrogen-bond acceptors (Lipinski definition) is 1. The molecule has 7 rings (SSSR count). The average molecular weight is 486 g/mol. The molecular weight excluding hydrogens is 458 g/mol. The van der Waals surface area contributed by atoms with E-state index in [-0.39, 0.29) is 0 Å². The minimum absolute atomic E-state index is 0.413. The molecule has 0 aliphatic heterocycles. The molecule has 6 aromatic rings. The Balaban J connectivity index is 1.52. The van der Waals surface area contributed by atoms with Crippen molar-refractivity contribution in [2.24, 2.45) is 0 Å². The first-order valence-electron chi connectivity index (χ1n) is 13.1. The highest BCUT2D eigenvalue weighted by atomic mass is 15.1. The largest absolute Gasteiger partial charge is 0.310 e. The first-order chi connectivity index (χ1) is 18.9. The first-order valence-corrected chi connectivity index (χ1v) is 13.1. The Morgan fingerprint density at radius 3 is 1.32 bits per heavy atom. The molecule has 0 saturated heterocycles. The molecule has 0 amide bonds. The highest BCUT2D eigenvalue weighted by molar-refractivity contribution is 5.87. The summed E-state index contributed by atoms with van der Waals surface area (Å²) in [5.41, 5.74) is 10.8. The fourth-order valence-corrected chi connectivity index (χ4v) is 6.19. The molecule has 0 unspecified atom stereocenters. The average Bonchev–Trinajstić information content (AvgIpc) is 3.30. The molecule has 1 nitrogen and oxygen atoms in total. The highest BCUT2D eigenvalue weighted by Gasteiger charge is 2.45. The summed E-state index contributed by atoms with van der Waals surface area (Å²) in [4.78, 5) is 2.34. The predicted molar refractivity (Wildman–Crippen MR) is 158 cm³/mol. The Morgan fingerprint density at radius 2 is 0.763 bits per heavy atom. The van der Waals surface area contributed by atoms with Crippen molar-refractivity contribution in [1.29, 1.82) is 0 Å². The van der Waals surface area contributed by atoms with Crippen molar-refractivity contribution in [3.05, 3.63) is 186 Å². The zero-order valence-corrected chi connectivity index (χ0v) is 21.0. The lowest BCUT2D eigenvalue weighted by molar-refractivity contribution is 0.768. The van der Waals surface area contributed by atoms with Gasteiger partial charge >= 0.3 is 0 Å². The number of benzene rings is 6. The van der Waals surface area contributed by atoms with Crippen molar-refractivity contribution in [3.8, 4) is 11.1 Å². The van der Waals surface area contributed by atoms with Gasteiger partial charge in [0.05, 0.1) is 5.41 Å². The second-order valence-electron chi connectivity index (χ2n) is 9.76. The Kier molecular flexibility index (Phi) is 5.41. The van der Waals surface area contributed by atoms with Gasteiger partial charge in [0.2, 0.25) is 0 Å². The van der Waals surface area contributed by atoms with E-state index in [2.05, 4.69) is 169 Å². The second kappa shape index (κ2) is 9.21. The van der Waals surface area contributed by atoms with Gasteiger partial charge in [0.1, 0.15) is 0 Å².